The number of hydrogen-bond donors (Lipinski definition) is 2. The van der Waals surface area contributed by atoms with Crippen LogP contribution in [0.3, 0.4) is 0 Å². The molecule has 0 aromatic carbocycles. The number of carbonyl (C=O) groups is 2. The maximum atomic E-state index is 12.1. The van der Waals surface area contributed by atoms with Gasteiger partial charge in [0.15, 0.2) is 0 Å². The number of rotatable bonds is 4. The fourth-order valence-corrected chi connectivity index (χ4v) is 2.30. The molecular formula is C16H31N3O3. The Morgan fingerprint density at radius 3 is 2.36 bits per heavy atom. The van der Waals surface area contributed by atoms with Gasteiger partial charge in [-0.15, -0.1) is 0 Å². The van der Waals surface area contributed by atoms with E-state index in [0.717, 1.165) is 19.3 Å². The third-order valence-electron chi connectivity index (χ3n) is 3.88. The predicted octanol–water partition coefficient (Wildman–Crippen LogP) is 1.88. The number of carbonyl (C=O) groups excluding carboxylic acids is 2. The largest absolute Gasteiger partial charge is 0.444 e. The zero-order valence-electron chi connectivity index (χ0n) is 14.6. The van der Waals surface area contributed by atoms with Gasteiger partial charge in [-0.25, -0.2) is 4.79 Å². The molecule has 1 aliphatic rings. The van der Waals surface area contributed by atoms with Crippen LogP contribution in [0, 0.1) is 5.41 Å². The Labute approximate surface area is 133 Å². The highest BCUT2D eigenvalue weighted by atomic mass is 16.6. The van der Waals surface area contributed by atoms with Crippen molar-refractivity contribution in [1.29, 1.82) is 0 Å². The van der Waals surface area contributed by atoms with Crippen molar-refractivity contribution in [1.82, 2.24) is 10.2 Å². The molecule has 0 aromatic rings. The Bertz CT molecular complexity index is 402. The van der Waals surface area contributed by atoms with E-state index < -0.39 is 11.0 Å². The first-order chi connectivity index (χ1) is 10.0. The Morgan fingerprint density at radius 1 is 1.18 bits per heavy atom. The number of ether oxygens (including phenoxy) is 1. The zero-order chi connectivity index (χ0) is 17.0. The van der Waals surface area contributed by atoms with Crippen LogP contribution in [-0.2, 0) is 9.53 Å². The molecule has 128 valence electrons. The minimum atomic E-state index is -0.558. The fourth-order valence-electron chi connectivity index (χ4n) is 2.30. The van der Waals surface area contributed by atoms with Crippen LogP contribution in [0.5, 0.6) is 0 Å². The molecule has 0 bridgehead atoms. The second-order valence-electron chi connectivity index (χ2n) is 7.72. The Kier molecular flexibility index (Phi) is 6.23. The van der Waals surface area contributed by atoms with Crippen LogP contribution in [0.25, 0.3) is 0 Å². The SMILES string of the molecule is CC(C)(C)OC(=O)N1CCCC(NCC(C)(C)C(N)=O)CC1. The number of likely N-dealkylation sites (tertiary alicyclic amines) is 1. The molecule has 0 aromatic heterocycles. The number of nitrogens with one attached hydrogen (secondary N) is 1. The van der Waals surface area contributed by atoms with E-state index in [1.807, 2.05) is 34.6 Å². The van der Waals surface area contributed by atoms with Gasteiger partial charge in [-0.05, 0) is 53.9 Å². The molecule has 2 amide bonds. The van der Waals surface area contributed by atoms with E-state index in [4.69, 9.17) is 10.5 Å². The maximum absolute atomic E-state index is 12.1. The summed E-state index contributed by atoms with van der Waals surface area (Å²) in [4.78, 5) is 25.2. The summed E-state index contributed by atoms with van der Waals surface area (Å²) < 4.78 is 5.42. The number of nitrogens with zero attached hydrogens (tertiary/aromatic N) is 1. The van der Waals surface area contributed by atoms with Gasteiger partial charge in [0.25, 0.3) is 0 Å². The van der Waals surface area contributed by atoms with Crippen molar-refractivity contribution < 1.29 is 14.3 Å². The van der Waals surface area contributed by atoms with Crippen molar-refractivity contribution in [3.63, 3.8) is 0 Å². The molecule has 1 aliphatic heterocycles. The Balaban J connectivity index is 2.46. The number of hydrogen-bond acceptors (Lipinski definition) is 4. The van der Waals surface area contributed by atoms with E-state index in [1.165, 1.54) is 0 Å². The summed E-state index contributed by atoms with van der Waals surface area (Å²) in [6.07, 6.45) is 2.52. The Morgan fingerprint density at radius 2 is 1.82 bits per heavy atom. The molecule has 1 fully saturated rings. The summed E-state index contributed by atoms with van der Waals surface area (Å²) in [5, 5.41) is 3.41. The molecular weight excluding hydrogens is 282 g/mol. The van der Waals surface area contributed by atoms with Gasteiger partial charge >= 0.3 is 6.09 Å². The van der Waals surface area contributed by atoms with E-state index in [0.29, 0.717) is 25.7 Å². The van der Waals surface area contributed by atoms with Crippen LogP contribution in [0.1, 0.15) is 53.9 Å². The molecule has 0 aliphatic carbocycles. The molecule has 22 heavy (non-hydrogen) atoms. The second kappa shape index (κ2) is 7.31. The van der Waals surface area contributed by atoms with Crippen molar-refractivity contribution in [2.24, 2.45) is 11.1 Å². The van der Waals surface area contributed by atoms with Crippen LogP contribution in [0.15, 0.2) is 0 Å². The normalized spacial score (nSPS) is 20.4. The third-order valence-corrected chi connectivity index (χ3v) is 3.88. The lowest BCUT2D eigenvalue weighted by molar-refractivity contribution is -0.125. The number of primary amides is 1. The van der Waals surface area contributed by atoms with Crippen LogP contribution >= 0.6 is 0 Å². The topological polar surface area (TPSA) is 84.7 Å². The van der Waals surface area contributed by atoms with Gasteiger partial charge in [0.1, 0.15) is 5.60 Å². The van der Waals surface area contributed by atoms with E-state index >= 15 is 0 Å². The van der Waals surface area contributed by atoms with Gasteiger partial charge in [-0.3, -0.25) is 4.79 Å². The van der Waals surface area contributed by atoms with Crippen molar-refractivity contribution in [2.75, 3.05) is 19.6 Å². The van der Waals surface area contributed by atoms with E-state index in [-0.39, 0.29) is 12.0 Å². The smallest absolute Gasteiger partial charge is 0.410 e. The molecule has 3 N–H and O–H groups in total. The van der Waals surface area contributed by atoms with Crippen LogP contribution in [0.4, 0.5) is 4.79 Å². The molecule has 0 saturated carbocycles. The van der Waals surface area contributed by atoms with Crippen LogP contribution in [-0.4, -0.2) is 48.2 Å². The maximum Gasteiger partial charge on any atom is 0.410 e. The lowest BCUT2D eigenvalue weighted by atomic mass is 9.92. The second-order valence-corrected chi connectivity index (χ2v) is 7.72. The summed E-state index contributed by atoms with van der Waals surface area (Å²) in [5.74, 6) is -0.302. The minimum Gasteiger partial charge on any atom is -0.444 e. The molecule has 0 spiro atoms. The minimum absolute atomic E-state index is 0.245. The van der Waals surface area contributed by atoms with Crippen molar-refractivity contribution in [2.45, 2.75) is 65.5 Å². The third kappa shape index (κ3) is 6.22. The Hall–Kier alpha value is -1.30. The standard InChI is InChI=1S/C16H31N3O3/c1-15(2,3)22-14(21)19-9-6-7-12(8-10-19)18-11-16(4,5)13(17)20/h12,18H,6-11H2,1-5H3,(H2,17,20). The summed E-state index contributed by atoms with van der Waals surface area (Å²) in [5.41, 5.74) is 4.36. The first-order valence-electron chi connectivity index (χ1n) is 8.02. The average Bonchev–Trinajstić information content (AvgIpc) is 2.59. The van der Waals surface area contributed by atoms with Gasteiger partial charge in [0.2, 0.25) is 5.91 Å². The monoisotopic (exact) mass is 313 g/mol. The average molecular weight is 313 g/mol. The van der Waals surface area contributed by atoms with Crippen molar-refractivity contribution >= 4 is 12.0 Å². The summed E-state index contributed by atoms with van der Waals surface area (Å²) in [7, 11) is 0. The first-order valence-corrected chi connectivity index (χ1v) is 8.02. The number of amides is 2. The molecule has 0 radical (unpaired) electrons. The van der Waals surface area contributed by atoms with E-state index in [2.05, 4.69) is 5.32 Å². The van der Waals surface area contributed by atoms with Crippen molar-refractivity contribution in [3.05, 3.63) is 0 Å². The first kappa shape index (κ1) is 18.7. The van der Waals surface area contributed by atoms with Crippen LogP contribution in [0.2, 0.25) is 0 Å². The fraction of sp³-hybridized carbons (Fsp3) is 0.875. The highest BCUT2D eigenvalue weighted by Gasteiger charge is 2.28. The lowest BCUT2D eigenvalue weighted by Gasteiger charge is -2.27. The van der Waals surface area contributed by atoms with E-state index in [9.17, 15) is 9.59 Å². The van der Waals surface area contributed by atoms with Crippen molar-refractivity contribution in [3.8, 4) is 0 Å². The van der Waals surface area contributed by atoms with Gasteiger partial charge in [0.05, 0.1) is 5.41 Å². The molecule has 1 heterocycles. The summed E-state index contributed by atoms with van der Waals surface area (Å²) in [6, 6.07) is 0.297. The van der Waals surface area contributed by atoms with Gasteiger partial charge in [-0.2, -0.15) is 0 Å². The molecule has 6 heteroatoms. The van der Waals surface area contributed by atoms with Gasteiger partial charge in [0, 0.05) is 25.7 Å². The predicted molar refractivity (Wildman–Crippen MR) is 86.4 cm³/mol. The van der Waals surface area contributed by atoms with Crippen LogP contribution < -0.4 is 11.1 Å². The van der Waals surface area contributed by atoms with Gasteiger partial charge < -0.3 is 20.7 Å². The van der Waals surface area contributed by atoms with E-state index in [1.54, 1.807) is 4.90 Å². The number of nitrogens with two attached hydrogens (primary N) is 1. The zero-order valence-corrected chi connectivity index (χ0v) is 14.6. The van der Waals surface area contributed by atoms with Gasteiger partial charge in [-0.1, -0.05) is 0 Å². The molecule has 6 nitrogen and oxygen atoms in total. The molecule has 1 unspecified atom stereocenters. The lowest BCUT2D eigenvalue weighted by Crippen LogP contribution is -2.44. The molecule has 1 saturated heterocycles. The summed E-state index contributed by atoms with van der Waals surface area (Å²) >= 11 is 0. The highest BCUT2D eigenvalue weighted by Crippen LogP contribution is 2.17. The summed E-state index contributed by atoms with van der Waals surface area (Å²) in [6.45, 7) is 11.2. The quantitative estimate of drug-likeness (QED) is 0.830. The molecule has 1 rings (SSSR count). The molecule has 1 atom stereocenters. The highest BCUT2D eigenvalue weighted by molar-refractivity contribution is 5.80.